The summed E-state index contributed by atoms with van der Waals surface area (Å²) < 4.78 is 0. The van der Waals surface area contributed by atoms with Crippen LogP contribution in [-0.2, 0) is 10.1 Å². The number of carbonyl (C=O) groups is 1. The van der Waals surface area contributed by atoms with Crippen LogP contribution in [0.25, 0.3) is 0 Å². The van der Waals surface area contributed by atoms with Gasteiger partial charge < -0.3 is 5.32 Å². The van der Waals surface area contributed by atoms with Crippen LogP contribution in [0.4, 0.5) is 5.69 Å². The lowest BCUT2D eigenvalue weighted by molar-refractivity contribution is -0.119. The number of alkyl halides is 1. The van der Waals surface area contributed by atoms with Crippen molar-refractivity contribution in [1.29, 1.82) is 0 Å². The van der Waals surface area contributed by atoms with Crippen LogP contribution in [0, 0.1) is 5.92 Å². The van der Waals surface area contributed by atoms with Gasteiger partial charge >= 0.3 is 0 Å². The number of amides is 1. The number of hydrogen-bond donors (Lipinski definition) is 1. The molecular weight excluding hydrogens is 286 g/mol. The van der Waals surface area contributed by atoms with Crippen molar-refractivity contribution in [3.8, 4) is 0 Å². The topological polar surface area (TPSA) is 29.1 Å². The molecule has 1 aromatic carbocycles. The van der Waals surface area contributed by atoms with Crippen molar-refractivity contribution in [3.63, 3.8) is 0 Å². The maximum absolute atomic E-state index is 11.9. The molecule has 1 saturated heterocycles. The molecule has 16 heavy (non-hydrogen) atoms. The van der Waals surface area contributed by atoms with Crippen molar-refractivity contribution in [2.24, 2.45) is 5.92 Å². The van der Waals surface area contributed by atoms with Gasteiger partial charge in [-0.25, -0.2) is 0 Å². The Kier molecular flexibility index (Phi) is 4.29. The second-order valence-corrected chi connectivity index (χ2v) is 5.55. The predicted molar refractivity (Wildman–Crippen MR) is 73.1 cm³/mol. The van der Waals surface area contributed by atoms with Gasteiger partial charge in [0.15, 0.2) is 0 Å². The SMILES string of the molecule is O=C(Nc1ccccc1CBr)C1CCSC1. The molecule has 4 heteroatoms. The Bertz CT molecular complexity index is 377. The number of nitrogens with one attached hydrogen (secondary N) is 1. The molecule has 1 aliphatic heterocycles. The summed E-state index contributed by atoms with van der Waals surface area (Å²) in [6.45, 7) is 0. The van der Waals surface area contributed by atoms with E-state index in [1.807, 2.05) is 36.0 Å². The van der Waals surface area contributed by atoms with Crippen molar-refractivity contribution in [3.05, 3.63) is 29.8 Å². The van der Waals surface area contributed by atoms with Gasteiger partial charge in [-0.3, -0.25) is 4.79 Å². The van der Waals surface area contributed by atoms with E-state index >= 15 is 0 Å². The molecule has 1 aromatic rings. The van der Waals surface area contributed by atoms with Gasteiger partial charge in [-0.2, -0.15) is 11.8 Å². The lowest BCUT2D eigenvalue weighted by Gasteiger charge is -2.12. The molecule has 2 rings (SSSR count). The summed E-state index contributed by atoms with van der Waals surface area (Å²) in [5.74, 6) is 2.42. The largest absolute Gasteiger partial charge is 0.326 e. The number of para-hydroxylation sites is 1. The van der Waals surface area contributed by atoms with Gasteiger partial charge in [-0.15, -0.1) is 0 Å². The van der Waals surface area contributed by atoms with Crippen molar-refractivity contribution >= 4 is 39.3 Å². The van der Waals surface area contributed by atoms with Crippen molar-refractivity contribution in [2.75, 3.05) is 16.8 Å². The van der Waals surface area contributed by atoms with Gasteiger partial charge in [-0.05, 0) is 23.8 Å². The Morgan fingerprint density at radius 1 is 1.50 bits per heavy atom. The highest BCUT2D eigenvalue weighted by molar-refractivity contribution is 9.08. The van der Waals surface area contributed by atoms with Gasteiger partial charge in [0, 0.05) is 22.7 Å². The van der Waals surface area contributed by atoms with Crippen LogP contribution in [0.5, 0.6) is 0 Å². The minimum absolute atomic E-state index is 0.165. The lowest BCUT2D eigenvalue weighted by atomic mass is 10.1. The van der Waals surface area contributed by atoms with Crippen molar-refractivity contribution in [2.45, 2.75) is 11.8 Å². The van der Waals surface area contributed by atoms with E-state index in [-0.39, 0.29) is 11.8 Å². The minimum Gasteiger partial charge on any atom is -0.326 e. The Morgan fingerprint density at radius 3 is 3.00 bits per heavy atom. The van der Waals surface area contributed by atoms with Crippen LogP contribution >= 0.6 is 27.7 Å². The molecule has 86 valence electrons. The zero-order valence-electron chi connectivity index (χ0n) is 8.91. The third-order valence-corrected chi connectivity index (χ3v) is 4.49. The highest BCUT2D eigenvalue weighted by Gasteiger charge is 2.23. The maximum atomic E-state index is 11.9. The maximum Gasteiger partial charge on any atom is 0.228 e. The molecule has 1 unspecified atom stereocenters. The van der Waals surface area contributed by atoms with E-state index in [9.17, 15) is 4.79 Å². The highest BCUT2D eigenvalue weighted by atomic mass is 79.9. The molecule has 1 fully saturated rings. The Balaban J connectivity index is 2.05. The minimum atomic E-state index is 0.165. The second-order valence-electron chi connectivity index (χ2n) is 3.84. The van der Waals surface area contributed by atoms with Crippen molar-refractivity contribution < 1.29 is 4.79 Å². The van der Waals surface area contributed by atoms with Gasteiger partial charge in [0.05, 0.1) is 0 Å². The molecular formula is C12H14BrNOS. The molecule has 1 atom stereocenters. The molecule has 1 heterocycles. The molecule has 1 aliphatic rings. The average Bonchev–Trinajstić information content (AvgIpc) is 2.83. The normalized spacial score (nSPS) is 19.7. The number of rotatable bonds is 3. The van der Waals surface area contributed by atoms with Crippen LogP contribution < -0.4 is 5.32 Å². The lowest BCUT2D eigenvalue weighted by Crippen LogP contribution is -2.22. The summed E-state index contributed by atoms with van der Waals surface area (Å²) in [5.41, 5.74) is 2.06. The third kappa shape index (κ3) is 2.80. The summed E-state index contributed by atoms with van der Waals surface area (Å²) >= 11 is 5.29. The first kappa shape index (κ1) is 12.0. The zero-order chi connectivity index (χ0) is 11.4. The fourth-order valence-electron chi connectivity index (χ4n) is 1.73. The molecule has 0 bridgehead atoms. The summed E-state index contributed by atoms with van der Waals surface area (Å²) in [4.78, 5) is 11.9. The summed E-state index contributed by atoms with van der Waals surface area (Å²) in [6, 6.07) is 7.91. The third-order valence-electron chi connectivity index (χ3n) is 2.72. The van der Waals surface area contributed by atoms with E-state index in [2.05, 4.69) is 21.2 Å². The first-order chi connectivity index (χ1) is 7.81. The Labute approximate surface area is 108 Å². The number of anilines is 1. The van der Waals surface area contributed by atoms with E-state index < -0.39 is 0 Å². The Morgan fingerprint density at radius 2 is 2.31 bits per heavy atom. The quantitative estimate of drug-likeness (QED) is 0.868. The molecule has 1 N–H and O–H groups in total. The predicted octanol–water partition coefficient (Wildman–Crippen LogP) is 3.27. The van der Waals surface area contributed by atoms with Crippen molar-refractivity contribution in [1.82, 2.24) is 0 Å². The summed E-state index contributed by atoms with van der Waals surface area (Å²) in [5, 5.41) is 3.79. The van der Waals surface area contributed by atoms with Crippen LogP contribution in [0.3, 0.4) is 0 Å². The van der Waals surface area contributed by atoms with E-state index in [0.717, 1.165) is 34.5 Å². The number of thioether (sulfide) groups is 1. The average molecular weight is 300 g/mol. The standard InChI is InChI=1S/C12H14BrNOS/c13-7-9-3-1-2-4-11(9)14-12(15)10-5-6-16-8-10/h1-4,10H,5-8H2,(H,14,15). The number of carbonyl (C=O) groups excluding carboxylic acids is 1. The van der Waals surface area contributed by atoms with E-state index in [0.29, 0.717) is 0 Å². The molecule has 0 spiro atoms. The molecule has 2 nitrogen and oxygen atoms in total. The molecule has 0 aromatic heterocycles. The number of benzene rings is 1. The monoisotopic (exact) mass is 299 g/mol. The van der Waals surface area contributed by atoms with E-state index in [1.165, 1.54) is 0 Å². The molecule has 0 aliphatic carbocycles. The first-order valence-electron chi connectivity index (χ1n) is 5.33. The smallest absolute Gasteiger partial charge is 0.228 e. The zero-order valence-corrected chi connectivity index (χ0v) is 11.3. The second kappa shape index (κ2) is 5.73. The fourth-order valence-corrected chi connectivity index (χ4v) is 3.44. The molecule has 0 radical (unpaired) electrons. The number of halogens is 1. The van der Waals surface area contributed by atoms with E-state index in [4.69, 9.17) is 0 Å². The van der Waals surface area contributed by atoms with Crippen LogP contribution in [0.15, 0.2) is 24.3 Å². The van der Waals surface area contributed by atoms with Crippen LogP contribution in [0.2, 0.25) is 0 Å². The number of hydrogen-bond acceptors (Lipinski definition) is 2. The van der Waals surface area contributed by atoms with Crippen LogP contribution in [-0.4, -0.2) is 17.4 Å². The summed E-state index contributed by atoms with van der Waals surface area (Å²) in [7, 11) is 0. The fraction of sp³-hybridized carbons (Fsp3) is 0.417. The van der Waals surface area contributed by atoms with Gasteiger partial charge in [0.25, 0.3) is 0 Å². The first-order valence-corrected chi connectivity index (χ1v) is 7.61. The molecule has 1 amide bonds. The highest BCUT2D eigenvalue weighted by Crippen LogP contribution is 2.25. The van der Waals surface area contributed by atoms with Gasteiger partial charge in [-0.1, -0.05) is 34.1 Å². The van der Waals surface area contributed by atoms with Crippen LogP contribution in [0.1, 0.15) is 12.0 Å². The Hall–Kier alpha value is -0.480. The van der Waals surface area contributed by atoms with Gasteiger partial charge in [0.1, 0.15) is 0 Å². The molecule has 0 saturated carbocycles. The van der Waals surface area contributed by atoms with Gasteiger partial charge in [0.2, 0.25) is 5.91 Å². The van der Waals surface area contributed by atoms with E-state index in [1.54, 1.807) is 0 Å². The summed E-state index contributed by atoms with van der Waals surface area (Å²) in [6.07, 6.45) is 1.01.